The van der Waals surface area contributed by atoms with Crippen LogP contribution in [0.3, 0.4) is 0 Å². The fourth-order valence-electron chi connectivity index (χ4n) is 0.825. The van der Waals surface area contributed by atoms with Crippen molar-refractivity contribution in [2.75, 3.05) is 6.61 Å². The van der Waals surface area contributed by atoms with Crippen LogP contribution in [0, 0.1) is 12.3 Å². The molecule has 15 heavy (non-hydrogen) atoms. The lowest BCUT2D eigenvalue weighted by atomic mass is 10.2. The Balaban J connectivity index is 4.12. The molecule has 0 rings (SSSR count). The summed E-state index contributed by atoms with van der Waals surface area (Å²) >= 11 is 0. The lowest BCUT2D eigenvalue weighted by Crippen LogP contribution is -2.48. The number of urea groups is 1. The molecule has 0 saturated carbocycles. The minimum absolute atomic E-state index is 0.0484. The van der Waals surface area contributed by atoms with Gasteiger partial charge in [0.05, 0.1) is 6.04 Å². The van der Waals surface area contributed by atoms with Crippen LogP contribution in [0.4, 0.5) is 4.79 Å². The van der Waals surface area contributed by atoms with Crippen molar-refractivity contribution in [1.29, 1.82) is 0 Å². The summed E-state index contributed by atoms with van der Waals surface area (Å²) in [5, 5.41) is 21.7. The zero-order valence-electron chi connectivity index (χ0n) is 8.36. The number of hydrogen-bond donors (Lipinski definition) is 4. The summed E-state index contributed by atoms with van der Waals surface area (Å²) < 4.78 is 0. The van der Waals surface area contributed by atoms with E-state index in [1.165, 1.54) is 0 Å². The highest BCUT2D eigenvalue weighted by atomic mass is 16.4. The molecule has 0 aromatic rings. The number of rotatable bonds is 5. The summed E-state index contributed by atoms with van der Waals surface area (Å²) in [5.74, 6) is 1.06. The van der Waals surface area contributed by atoms with Gasteiger partial charge in [-0.15, -0.1) is 6.42 Å². The van der Waals surface area contributed by atoms with Crippen LogP contribution in [0.25, 0.3) is 0 Å². The molecule has 0 aromatic heterocycles. The molecule has 6 heteroatoms. The first-order valence-corrected chi connectivity index (χ1v) is 4.38. The van der Waals surface area contributed by atoms with E-state index in [0.717, 1.165) is 0 Å². The van der Waals surface area contributed by atoms with Gasteiger partial charge in [-0.1, -0.05) is 5.92 Å². The molecule has 0 aliphatic carbocycles. The number of carboxylic acid groups (broad SMARTS) is 1. The maximum absolute atomic E-state index is 11.1. The van der Waals surface area contributed by atoms with Crippen LogP contribution in [0.5, 0.6) is 0 Å². The molecule has 2 atom stereocenters. The van der Waals surface area contributed by atoms with Crippen LogP contribution < -0.4 is 10.6 Å². The molecule has 0 spiro atoms. The monoisotopic (exact) mass is 214 g/mol. The third-order valence-corrected chi connectivity index (χ3v) is 1.62. The summed E-state index contributed by atoms with van der Waals surface area (Å²) in [6.07, 6.45) is 4.97. The largest absolute Gasteiger partial charge is 0.480 e. The Labute approximate surface area is 87.7 Å². The Morgan fingerprint density at radius 3 is 2.47 bits per heavy atom. The first kappa shape index (κ1) is 13.3. The maximum atomic E-state index is 11.1. The van der Waals surface area contributed by atoms with E-state index in [1.807, 2.05) is 0 Å². The van der Waals surface area contributed by atoms with Gasteiger partial charge in [-0.25, -0.2) is 9.59 Å². The molecule has 84 valence electrons. The first-order valence-electron chi connectivity index (χ1n) is 4.38. The minimum atomic E-state index is -1.20. The topological polar surface area (TPSA) is 98.7 Å². The molecule has 0 fully saturated rings. The van der Waals surface area contributed by atoms with E-state index in [4.69, 9.17) is 16.6 Å². The van der Waals surface area contributed by atoms with Crippen LogP contribution in [0.2, 0.25) is 0 Å². The number of carbonyl (C=O) groups excluding carboxylic acids is 1. The number of aliphatic hydroxyl groups is 1. The fraction of sp³-hybridized carbons (Fsp3) is 0.556. The average molecular weight is 214 g/mol. The van der Waals surface area contributed by atoms with E-state index in [1.54, 1.807) is 6.92 Å². The normalized spacial score (nSPS) is 13.4. The smallest absolute Gasteiger partial charge is 0.326 e. The maximum Gasteiger partial charge on any atom is 0.326 e. The SMILES string of the molecule is C#CC(C)NC(=O)N[C@@H](CCO)C(=O)O. The van der Waals surface area contributed by atoms with Gasteiger partial charge in [0.2, 0.25) is 0 Å². The van der Waals surface area contributed by atoms with Crippen molar-refractivity contribution in [3.63, 3.8) is 0 Å². The van der Waals surface area contributed by atoms with Gasteiger partial charge in [-0.05, 0) is 6.92 Å². The Bertz CT molecular complexity index is 272. The summed E-state index contributed by atoms with van der Waals surface area (Å²) in [7, 11) is 0. The predicted octanol–water partition coefficient (Wildman–Crippen LogP) is -0.857. The lowest BCUT2D eigenvalue weighted by Gasteiger charge is -2.15. The van der Waals surface area contributed by atoms with Crippen molar-refractivity contribution in [3.8, 4) is 12.3 Å². The number of aliphatic carboxylic acids is 1. The van der Waals surface area contributed by atoms with Gasteiger partial charge < -0.3 is 20.8 Å². The Hall–Kier alpha value is -1.74. The molecule has 0 radical (unpaired) electrons. The van der Waals surface area contributed by atoms with Crippen molar-refractivity contribution in [2.45, 2.75) is 25.4 Å². The molecular formula is C9H14N2O4. The predicted molar refractivity (Wildman–Crippen MR) is 53.1 cm³/mol. The molecule has 0 aromatic carbocycles. The van der Waals surface area contributed by atoms with Gasteiger partial charge in [0.15, 0.2) is 0 Å². The second-order valence-electron chi connectivity index (χ2n) is 2.91. The third-order valence-electron chi connectivity index (χ3n) is 1.62. The van der Waals surface area contributed by atoms with Gasteiger partial charge in [0.1, 0.15) is 6.04 Å². The molecule has 0 bridgehead atoms. The minimum Gasteiger partial charge on any atom is -0.480 e. The Kier molecular flexibility index (Phi) is 5.90. The number of carboxylic acids is 1. The summed E-state index contributed by atoms with van der Waals surface area (Å²) in [6, 6.07) is -2.25. The molecule has 6 nitrogen and oxygen atoms in total. The third kappa shape index (κ3) is 5.54. The second-order valence-corrected chi connectivity index (χ2v) is 2.91. The van der Waals surface area contributed by atoms with Crippen LogP contribution in [0.15, 0.2) is 0 Å². The summed E-state index contributed by atoms with van der Waals surface area (Å²) in [5.41, 5.74) is 0. The van der Waals surface area contributed by atoms with Crippen LogP contribution in [-0.4, -0.2) is 40.9 Å². The van der Waals surface area contributed by atoms with E-state index in [-0.39, 0.29) is 13.0 Å². The molecule has 1 unspecified atom stereocenters. The van der Waals surface area contributed by atoms with E-state index in [9.17, 15) is 9.59 Å². The molecule has 0 aliphatic rings. The van der Waals surface area contributed by atoms with E-state index < -0.39 is 24.1 Å². The van der Waals surface area contributed by atoms with Crippen LogP contribution in [-0.2, 0) is 4.79 Å². The van der Waals surface area contributed by atoms with Crippen LogP contribution >= 0.6 is 0 Å². The molecule has 0 saturated heterocycles. The second kappa shape index (κ2) is 6.68. The zero-order chi connectivity index (χ0) is 11.8. The highest BCUT2D eigenvalue weighted by Crippen LogP contribution is 1.91. The molecule has 0 aliphatic heterocycles. The van der Waals surface area contributed by atoms with E-state index >= 15 is 0 Å². The number of terminal acetylenes is 1. The number of amides is 2. The summed E-state index contributed by atoms with van der Waals surface area (Å²) in [4.78, 5) is 21.7. The Morgan fingerprint density at radius 1 is 1.47 bits per heavy atom. The van der Waals surface area contributed by atoms with E-state index in [2.05, 4.69) is 16.6 Å². The van der Waals surface area contributed by atoms with Gasteiger partial charge in [0, 0.05) is 13.0 Å². The van der Waals surface area contributed by atoms with Crippen molar-refractivity contribution in [2.24, 2.45) is 0 Å². The van der Waals surface area contributed by atoms with Gasteiger partial charge >= 0.3 is 12.0 Å². The average Bonchev–Trinajstić information content (AvgIpc) is 2.16. The standard InChI is InChI=1S/C9H14N2O4/c1-3-6(2)10-9(15)11-7(4-5-12)8(13)14/h1,6-7,12H,4-5H2,2H3,(H,13,14)(H2,10,11,15)/t6?,7-/m0/s1. The number of carbonyl (C=O) groups is 2. The zero-order valence-corrected chi connectivity index (χ0v) is 8.36. The van der Waals surface area contributed by atoms with Crippen molar-refractivity contribution < 1.29 is 19.8 Å². The number of nitrogens with one attached hydrogen (secondary N) is 2. The highest BCUT2D eigenvalue weighted by molar-refractivity contribution is 5.82. The highest BCUT2D eigenvalue weighted by Gasteiger charge is 2.19. The number of aliphatic hydroxyl groups excluding tert-OH is 1. The van der Waals surface area contributed by atoms with Crippen LogP contribution in [0.1, 0.15) is 13.3 Å². The molecule has 0 heterocycles. The number of hydrogen-bond acceptors (Lipinski definition) is 3. The quantitative estimate of drug-likeness (QED) is 0.448. The lowest BCUT2D eigenvalue weighted by molar-refractivity contribution is -0.139. The van der Waals surface area contributed by atoms with Crippen molar-refractivity contribution in [1.82, 2.24) is 10.6 Å². The van der Waals surface area contributed by atoms with Crippen molar-refractivity contribution in [3.05, 3.63) is 0 Å². The molecule has 2 amide bonds. The van der Waals surface area contributed by atoms with E-state index in [0.29, 0.717) is 0 Å². The fourth-order valence-corrected chi connectivity index (χ4v) is 0.825. The molecule has 4 N–H and O–H groups in total. The summed E-state index contributed by atoms with van der Waals surface area (Å²) in [6.45, 7) is 1.27. The van der Waals surface area contributed by atoms with Gasteiger partial charge in [0.25, 0.3) is 0 Å². The Morgan fingerprint density at radius 2 is 2.07 bits per heavy atom. The van der Waals surface area contributed by atoms with Crippen molar-refractivity contribution >= 4 is 12.0 Å². The van der Waals surface area contributed by atoms with Gasteiger partial charge in [-0.3, -0.25) is 0 Å². The van der Waals surface area contributed by atoms with Gasteiger partial charge in [-0.2, -0.15) is 0 Å². The molecular weight excluding hydrogens is 200 g/mol. The first-order chi connectivity index (χ1) is 7.01.